The van der Waals surface area contributed by atoms with E-state index in [1.165, 1.54) is 0 Å². The largest absolute Gasteiger partial charge is 0.467 e. The van der Waals surface area contributed by atoms with E-state index < -0.39 is 18.0 Å². The van der Waals surface area contributed by atoms with E-state index in [-0.39, 0.29) is 6.61 Å². The maximum absolute atomic E-state index is 10.7. The summed E-state index contributed by atoms with van der Waals surface area (Å²) in [5.41, 5.74) is 5.11. The molecule has 0 aliphatic heterocycles. The van der Waals surface area contributed by atoms with Crippen molar-refractivity contribution in [1.82, 2.24) is 0 Å². The standard InChI is InChI=1S/C6H11NO4/c1-3-11-6(9)4(7)5(8)10-2/h4H,3,7H2,1-2H3. The fourth-order valence-electron chi connectivity index (χ4n) is 0.455. The number of nitrogens with two attached hydrogens (primary N) is 1. The van der Waals surface area contributed by atoms with E-state index in [9.17, 15) is 9.59 Å². The van der Waals surface area contributed by atoms with Gasteiger partial charge in [-0.1, -0.05) is 0 Å². The van der Waals surface area contributed by atoms with Crippen LogP contribution in [0.5, 0.6) is 0 Å². The summed E-state index contributed by atoms with van der Waals surface area (Å²) in [6.45, 7) is 1.82. The van der Waals surface area contributed by atoms with Gasteiger partial charge in [0.15, 0.2) is 0 Å². The molecule has 2 N–H and O–H groups in total. The maximum Gasteiger partial charge on any atom is 0.334 e. The first kappa shape index (κ1) is 9.90. The first-order valence-electron chi connectivity index (χ1n) is 3.13. The third-order valence-corrected chi connectivity index (χ3v) is 0.996. The van der Waals surface area contributed by atoms with Crippen molar-refractivity contribution in [3.05, 3.63) is 0 Å². The van der Waals surface area contributed by atoms with Crippen molar-refractivity contribution in [2.75, 3.05) is 13.7 Å². The smallest absolute Gasteiger partial charge is 0.334 e. The Balaban J connectivity index is 3.91. The molecule has 0 aromatic carbocycles. The molecule has 0 aliphatic carbocycles. The Morgan fingerprint density at radius 1 is 1.45 bits per heavy atom. The highest BCUT2D eigenvalue weighted by Gasteiger charge is 2.23. The summed E-state index contributed by atoms with van der Waals surface area (Å²) in [5.74, 6) is -1.55. The molecule has 0 saturated carbocycles. The molecule has 1 atom stereocenters. The van der Waals surface area contributed by atoms with Gasteiger partial charge >= 0.3 is 11.9 Å². The monoisotopic (exact) mass is 161 g/mol. The average molecular weight is 161 g/mol. The van der Waals surface area contributed by atoms with Gasteiger partial charge in [-0.3, -0.25) is 0 Å². The molecule has 0 amide bonds. The van der Waals surface area contributed by atoms with E-state index in [0.717, 1.165) is 7.11 Å². The maximum atomic E-state index is 10.7. The molecule has 0 rings (SSSR count). The number of carbonyl (C=O) groups excluding carboxylic acids is 2. The topological polar surface area (TPSA) is 78.6 Å². The SMILES string of the molecule is CCOC(=O)C(N)C(=O)OC. The molecule has 0 fully saturated rings. The summed E-state index contributed by atoms with van der Waals surface area (Å²) < 4.78 is 8.68. The summed E-state index contributed by atoms with van der Waals surface area (Å²) in [4.78, 5) is 21.3. The second-order valence-electron chi connectivity index (χ2n) is 1.75. The van der Waals surface area contributed by atoms with Crippen LogP contribution in [0.4, 0.5) is 0 Å². The number of hydrogen-bond donors (Lipinski definition) is 1. The summed E-state index contributed by atoms with van der Waals surface area (Å²) in [7, 11) is 1.15. The zero-order chi connectivity index (χ0) is 8.85. The fraction of sp³-hybridized carbons (Fsp3) is 0.667. The number of rotatable bonds is 3. The van der Waals surface area contributed by atoms with Gasteiger partial charge in [0.1, 0.15) is 0 Å². The van der Waals surface area contributed by atoms with Gasteiger partial charge in [0.05, 0.1) is 13.7 Å². The van der Waals surface area contributed by atoms with Crippen molar-refractivity contribution < 1.29 is 19.1 Å². The van der Waals surface area contributed by atoms with E-state index in [1.54, 1.807) is 6.92 Å². The van der Waals surface area contributed by atoms with Crippen LogP contribution in [-0.4, -0.2) is 31.7 Å². The van der Waals surface area contributed by atoms with Crippen LogP contribution >= 0.6 is 0 Å². The molecule has 0 heterocycles. The van der Waals surface area contributed by atoms with Crippen LogP contribution in [0.1, 0.15) is 6.92 Å². The quantitative estimate of drug-likeness (QED) is 0.426. The normalized spacial score (nSPS) is 11.9. The Morgan fingerprint density at radius 3 is 2.36 bits per heavy atom. The van der Waals surface area contributed by atoms with Crippen molar-refractivity contribution >= 4 is 11.9 Å². The van der Waals surface area contributed by atoms with E-state index >= 15 is 0 Å². The zero-order valence-electron chi connectivity index (χ0n) is 6.49. The Bertz CT molecular complexity index is 157. The molecule has 0 aromatic rings. The summed E-state index contributed by atoms with van der Waals surface area (Å²) in [6.07, 6.45) is 0. The lowest BCUT2D eigenvalue weighted by Gasteiger charge is -2.06. The van der Waals surface area contributed by atoms with Gasteiger partial charge in [-0.05, 0) is 6.92 Å². The van der Waals surface area contributed by atoms with Crippen molar-refractivity contribution in [2.45, 2.75) is 13.0 Å². The van der Waals surface area contributed by atoms with Crippen LogP contribution in [0.25, 0.3) is 0 Å². The van der Waals surface area contributed by atoms with Gasteiger partial charge in [-0.25, -0.2) is 9.59 Å². The minimum absolute atomic E-state index is 0.198. The molecule has 0 aliphatic rings. The summed E-state index contributed by atoms with van der Waals surface area (Å²) in [5, 5.41) is 0. The van der Waals surface area contributed by atoms with Crippen molar-refractivity contribution in [2.24, 2.45) is 5.73 Å². The number of ether oxygens (including phenoxy) is 2. The molecule has 64 valence electrons. The highest BCUT2D eigenvalue weighted by atomic mass is 16.5. The number of esters is 2. The van der Waals surface area contributed by atoms with E-state index in [4.69, 9.17) is 5.73 Å². The second kappa shape index (κ2) is 4.68. The minimum atomic E-state index is -1.32. The van der Waals surface area contributed by atoms with Crippen molar-refractivity contribution in [3.8, 4) is 0 Å². The third kappa shape index (κ3) is 2.99. The number of methoxy groups -OCH3 is 1. The Morgan fingerprint density at radius 2 is 2.00 bits per heavy atom. The van der Waals surface area contributed by atoms with E-state index in [1.807, 2.05) is 0 Å². The molecule has 11 heavy (non-hydrogen) atoms. The van der Waals surface area contributed by atoms with Gasteiger partial charge < -0.3 is 15.2 Å². The summed E-state index contributed by atoms with van der Waals surface area (Å²) >= 11 is 0. The molecule has 5 heteroatoms. The lowest BCUT2D eigenvalue weighted by Crippen LogP contribution is -2.40. The highest BCUT2D eigenvalue weighted by molar-refractivity contribution is 5.98. The Kier molecular flexibility index (Phi) is 4.21. The molecule has 0 radical (unpaired) electrons. The van der Waals surface area contributed by atoms with Crippen LogP contribution in [-0.2, 0) is 19.1 Å². The van der Waals surface area contributed by atoms with Crippen molar-refractivity contribution in [1.29, 1.82) is 0 Å². The lowest BCUT2D eigenvalue weighted by molar-refractivity contribution is -0.155. The first-order valence-corrected chi connectivity index (χ1v) is 3.13. The Hall–Kier alpha value is -1.10. The molecule has 0 spiro atoms. The third-order valence-electron chi connectivity index (χ3n) is 0.996. The molecule has 5 nitrogen and oxygen atoms in total. The predicted molar refractivity (Wildman–Crippen MR) is 36.6 cm³/mol. The highest BCUT2D eigenvalue weighted by Crippen LogP contribution is 1.87. The molecule has 0 saturated heterocycles. The van der Waals surface area contributed by atoms with Gasteiger partial charge in [0.2, 0.25) is 6.04 Å². The van der Waals surface area contributed by atoms with Gasteiger partial charge in [-0.15, -0.1) is 0 Å². The minimum Gasteiger partial charge on any atom is -0.467 e. The fourth-order valence-corrected chi connectivity index (χ4v) is 0.455. The first-order chi connectivity index (χ1) is 5.13. The predicted octanol–water partition coefficient (Wildman–Crippen LogP) is -0.950. The van der Waals surface area contributed by atoms with Gasteiger partial charge in [0.25, 0.3) is 0 Å². The van der Waals surface area contributed by atoms with Crippen LogP contribution in [0, 0.1) is 0 Å². The van der Waals surface area contributed by atoms with Crippen LogP contribution < -0.4 is 5.73 Å². The molecular formula is C6H11NO4. The van der Waals surface area contributed by atoms with Crippen LogP contribution in [0.3, 0.4) is 0 Å². The lowest BCUT2D eigenvalue weighted by atomic mass is 10.3. The molecule has 0 bridgehead atoms. The van der Waals surface area contributed by atoms with Crippen LogP contribution in [0.15, 0.2) is 0 Å². The van der Waals surface area contributed by atoms with E-state index in [0.29, 0.717) is 0 Å². The zero-order valence-corrected chi connectivity index (χ0v) is 6.49. The van der Waals surface area contributed by atoms with Gasteiger partial charge in [0, 0.05) is 0 Å². The Labute approximate surface area is 64.5 Å². The van der Waals surface area contributed by atoms with E-state index in [2.05, 4.69) is 9.47 Å². The number of hydrogen-bond acceptors (Lipinski definition) is 5. The molecule has 0 aromatic heterocycles. The second-order valence-corrected chi connectivity index (χ2v) is 1.75. The van der Waals surface area contributed by atoms with Crippen LogP contribution in [0.2, 0.25) is 0 Å². The summed E-state index contributed by atoms with van der Waals surface area (Å²) in [6, 6.07) is -1.32. The molecular weight excluding hydrogens is 150 g/mol. The average Bonchev–Trinajstić information content (AvgIpc) is 2.02. The molecule has 1 unspecified atom stereocenters. The van der Waals surface area contributed by atoms with Gasteiger partial charge in [-0.2, -0.15) is 0 Å². The van der Waals surface area contributed by atoms with Crippen molar-refractivity contribution in [3.63, 3.8) is 0 Å². The number of carbonyl (C=O) groups is 2.